The molecule has 1 aliphatic heterocycles. The van der Waals surface area contributed by atoms with E-state index in [1.54, 1.807) is 0 Å². The fraction of sp³-hybridized carbons (Fsp3) is 0.963. The fourth-order valence-electron chi connectivity index (χ4n) is 4.82. The summed E-state index contributed by atoms with van der Waals surface area (Å²) in [5.74, 6) is 0.620. The van der Waals surface area contributed by atoms with Crippen molar-refractivity contribution in [2.24, 2.45) is 5.92 Å². The molecule has 0 unspecified atom stereocenters. The molecule has 173 valence electrons. The third-order valence-electron chi connectivity index (χ3n) is 6.79. The van der Waals surface area contributed by atoms with E-state index >= 15 is 0 Å². The number of hydrogen-bond acceptors (Lipinski definition) is 2. The molecule has 29 heavy (non-hydrogen) atoms. The molecule has 0 saturated carbocycles. The van der Waals surface area contributed by atoms with Crippen LogP contribution in [0.5, 0.6) is 0 Å². The van der Waals surface area contributed by atoms with Gasteiger partial charge in [-0.25, -0.2) is 9.78 Å². The zero-order valence-corrected chi connectivity index (χ0v) is 20.5. The van der Waals surface area contributed by atoms with Gasteiger partial charge >= 0.3 is 0 Å². The van der Waals surface area contributed by atoms with Crippen LogP contribution in [-0.2, 0) is 9.78 Å². The smallest absolute Gasteiger partial charge is 0.173 e. The summed E-state index contributed by atoms with van der Waals surface area (Å²) in [6, 6.07) is 0. The van der Waals surface area contributed by atoms with Crippen molar-refractivity contribution in [3.63, 3.8) is 0 Å². The lowest BCUT2D eigenvalue weighted by molar-refractivity contribution is -0.472. The lowest BCUT2D eigenvalue weighted by Gasteiger charge is -2.50. The molecule has 0 spiro atoms. The Bertz CT molecular complexity index is 330. The second-order valence-corrected chi connectivity index (χ2v) is 9.54. The van der Waals surface area contributed by atoms with Gasteiger partial charge in [-0.1, -0.05) is 130 Å². The van der Waals surface area contributed by atoms with Crippen molar-refractivity contribution in [2.45, 2.75) is 162 Å². The van der Waals surface area contributed by atoms with E-state index in [2.05, 4.69) is 27.7 Å². The molecule has 0 aromatic rings. The van der Waals surface area contributed by atoms with E-state index in [9.17, 15) is 0 Å². The van der Waals surface area contributed by atoms with Crippen molar-refractivity contribution >= 4 is 0 Å². The van der Waals surface area contributed by atoms with Crippen LogP contribution in [0.1, 0.15) is 156 Å². The standard InChI is InChI=1S/C27H53O2/c1-5-9-13-17-21-25(22-18-14-10-6-2)26-27(29-28-26,23-19-15-11-7-3)24-20-16-12-8-4/h25H,5-24H2,1-4H3. The minimum Gasteiger partial charge on any atom is -0.226 e. The largest absolute Gasteiger partial charge is 0.226 e. The van der Waals surface area contributed by atoms with Crippen LogP contribution < -0.4 is 0 Å². The average molecular weight is 410 g/mol. The topological polar surface area (TPSA) is 18.5 Å². The maximum Gasteiger partial charge on any atom is 0.173 e. The zero-order valence-electron chi connectivity index (χ0n) is 20.5. The Morgan fingerprint density at radius 2 is 0.966 bits per heavy atom. The van der Waals surface area contributed by atoms with Crippen molar-refractivity contribution < 1.29 is 9.78 Å². The summed E-state index contributed by atoms with van der Waals surface area (Å²) in [5.41, 5.74) is -0.0539. The van der Waals surface area contributed by atoms with Crippen LogP contribution in [0.25, 0.3) is 0 Å². The average Bonchev–Trinajstić information content (AvgIpc) is 2.72. The lowest BCUT2D eigenvalue weighted by Crippen LogP contribution is -2.53. The van der Waals surface area contributed by atoms with E-state index in [0.717, 1.165) is 0 Å². The zero-order chi connectivity index (χ0) is 21.2. The third kappa shape index (κ3) is 10.7. The van der Waals surface area contributed by atoms with Gasteiger partial charge in [0.15, 0.2) is 6.10 Å². The van der Waals surface area contributed by atoms with Gasteiger partial charge in [0.1, 0.15) is 5.60 Å². The van der Waals surface area contributed by atoms with E-state index in [1.807, 2.05) is 0 Å². The van der Waals surface area contributed by atoms with Crippen molar-refractivity contribution in [1.29, 1.82) is 0 Å². The van der Waals surface area contributed by atoms with Gasteiger partial charge in [-0.3, -0.25) is 0 Å². The molecule has 1 fully saturated rings. The highest BCUT2D eigenvalue weighted by atomic mass is 17.3. The molecule has 0 aromatic heterocycles. The number of unbranched alkanes of at least 4 members (excludes halogenated alkanes) is 12. The van der Waals surface area contributed by atoms with Gasteiger partial charge in [-0.2, -0.15) is 0 Å². The van der Waals surface area contributed by atoms with Crippen molar-refractivity contribution in [3.05, 3.63) is 6.10 Å². The van der Waals surface area contributed by atoms with Crippen molar-refractivity contribution in [2.75, 3.05) is 0 Å². The third-order valence-corrected chi connectivity index (χ3v) is 6.79. The van der Waals surface area contributed by atoms with Gasteiger partial charge < -0.3 is 0 Å². The summed E-state index contributed by atoms with van der Waals surface area (Å²) in [6.07, 6.45) is 27.6. The summed E-state index contributed by atoms with van der Waals surface area (Å²) in [7, 11) is 0. The Kier molecular flexibility index (Phi) is 16.3. The first kappa shape index (κ1) is 27.0. The van der Waals surface area contributed by atoms with Crippen molar-refractivity contribution in [1.82, 2.24) is 0 Å². The predicted molar refractivity (Wildman–Crippen MR) is 127 cm³/mol. The number of rotatable bonds is 21. The molecule has 2 nitrogen and oxygen atoms in total. The van der Waals surface area contributed by atoms with Crippen LogP contribution in [0.3, 0.4) is 0 Å². The molecule has 0 atom stereocenters. The molecule has 1 aliphatic rings. The molecule has 0 bridgehead atoms. The van der Waals surface area contributed by atoms with Crippen LogP contribution in [0.4, 0.5) is 0 Å². The molecule has 1 saturated heterocycles. The van der Waals surface area contributed by atoms with E-state index in [0.29, 0.717) is 5.92 Å². The highest BCUT2D eigenvalue weighted by Crippen LogP contribution is 2.51. The lowest BCUT2D eigenvalue weighted by atomic mass is 9.75. The van der Waals surface area contributed by atoms with Crippen LogP contribution in [0.15, 0.2) is 0 Å². The molecular weight excluding hydrogens is 356 g/mol. The fourth-order valence-corrected chi connectivity index (χ4v) is 4.82. The summed E-state index contributed by atoms with van der Waals surface area (Å²) in [4.78, 5) is 11.8. The van der Waals surface area contributed by atoms with Gasteiger partial charge in [0.2, 0.25) is 0 Å². The Morgan fingerprint density at radius 3 is 1.31 bits per heavy atom. The minimum atomic E-state index is -0.0539. The second-order valence-electron chi connectivity index (χ2n) is 9.54. The van der Waals surface area contributed by atoms with Gasteiger partial charge in [0.05, 0.1) is 0 Å². The summed E-state index contributed by atoms with van der Waals surface area (Å²) in [6.45, 7) is 9.20. The van der Waals surface area contributed by atoms with Gasteiger partial charge in [0, 0.05) is 0 Å². The Hall–Kier alpha value is -0.0800. The van der Waals surface area contributed by atoms with Gasteiger partial charge in [-0.05, 0) is 31.6 Å². The molecule has 0 amide bonds. The van der Waals surface area contributed by atoms with E-state index in [1.165, 1.54) is 135 Å². The number of hydrogen-bond donors (Lipinski definition) is 0. The summed E-state index contributed by atoms with van der Waals surface area (Å²) < 4.78 is 0. The second kappa shape index (κ2) is 17.6. The molecule has 1 rings (SSSR count). The molecule has 0 aliphatic carbocycles. The van der Waals surface area contributed by atoms with Crippen LogP contribution >= 0.6 is 0 Å². The monoisotopic (exact) mass is 409 g/mol. The van der Waals surface area contributed by atoms with Crippen LogP contribution in [0, 0.1) is 12.0 Å². The van der Waals surface area contributed by atoms with Gasteiger partial charge in [-0.15, -0.1) is 0 Å². The first-order chi connectivity index (χ1) is 14.2. The molecule has 1 heterocycles. The van der Waals surface area contributed by atoms with Crippen molar-refractivity contribution in [3.8, 4) is 0 Å². The van der Waals surface area contributed by atoms with E-state index in [4.69, 9.17) is 9.78 Å². The quantitative estimate of drug-likeness (QED) is 0.139. The first-order valence-corrected chi connectivity index (χ1v) is 13.5. The molecule has 2 heteroatoms. The van der Waals surface area contributed by atoms with Crippen LogP contribution in [-0.4, -0.2) is 5.60 Å². The Morgan fingerprint density at radius 1 is 0.552 bits per heavy atom. The maximum absolute atomic E-state index is 5.99. The highest BCUT2D eigenvalue weighted by Gasteiger charge is 2.54. The predicted octanol–water partition coefficient (Wildman–Crippen LogP) is 9.72. The SMILES string of the molecule is CCCCCCC(CCCCCC)[C]1OOC1(CCCCCC)CCCCCC. The Labute approximate surface area is 183 Å². The molecule has 0 N–H and O–H groups in total. The maximum atomic E-state index is 5.99. The molecule has 1 radical (unpaired) electrons. The summed E-state index contributed by atoms with van der Waals surface area (Å²) >= 11 is 0. The van der Waals surface area contributed by atoms with E-state index < -0.39 is 0 Å². The van der Waals surface area contributed by atoms with Crippen LogP contribution in [0.2, 0.25) is 0 Å². The normalized spacial score (nSPS) is 16.4. The summed E-state index contributed by atoms with van der Waals surface area (Å²) in [5, 5.41) is 0. The first-order valence-electron chi connectivity index (χ1n) is 13.5. The minimum absolute atomic E-state index is 0.0539. The molecular formula is C27H53O2. The highest BCUT2D eigenvalue weighted by molar-refractivity contribution is 5.10. The van der Waals surface area contributed by atoms with Gasteiger partial charge in [0.25, 0.3) is 0 Å². The Balaban J connectivity index is 2.68. The molecule has 0 aromatic carbocycles. The van der Waals surface area contributed by atoms with E-state index in [-0.39, 0.29) is 5.60 Å².